The molecule has 86 valence electrons. The van der Waals surface area contributed by atoms with Crippen LogP contribution in [-0.2, 0) is 9.59 Å². The molecule has 0 atom stereocenters. The molecule has 0 aromatic rings. The maximum Gasteiger partial charge on any atom is 0.329 e. The van der Waals surface area contributed by atoms with Gasteiger partial charge in [0.05, 0.1) is 0 Å². The largest absolute Gasteiger partial charge is 0.480 e. The van der Waals surface area contributed by atoms with Crippen molar-refractivity contribution in [2.45, 2.75) is 45.1 Å². The van der Waals surface area contributed by atoms with Crippen LogP contribution in [0.1, 0.15) is 39.5 Å². The zero-order valence-electron chi connectivity index (χ0n) is 9.32. The van der Waals surface area contributed by atoms with Gasteiger partial charge in [0.15, 0.2) is 0 Å². The molecule has 1 rings (SSSR count). The third-order valence-electron chi connectivity index (χ3n) is 3.57. The van der Waals surface area contributed by atoms with Gasteiger partial charge in [0.2, 0.25) is 6.41 Å². The van der Waals surface area contributed by atoms with Crippen LogP contribution in [0.4, 0.5) is 0 Å². The van der Waals surface area contributed by atoms with Crippen LogP contribution in [-0.4, -0.2) is 23.0 Å². The van der Waals surface area contributed by atoms with E-state index in [0.717, 1.165) is 12.8 Å². The summed E-state index contributed by atoms with van der Waals surface area (Å²) in [6.07, 6.45) is 3.35. The van der Waals surface area contributed by atoms with Crippen molar-refractivity contribution in [2.75, 3.05) is 0 Å². The first-order valence-electron chi connectivity index (χ1n) is 5.46. The smallest absolute Gasteiger partial charge is 0.329 e. The van der Waals surface area contributed by atoms with Crippen LogP contribution < -0.4 is 5.32 Å². The second-order valence-corrected chi connectivity index (χ2v) is 4.73. The average molecular weight is 213 g/mol. The lowest BCUT2D eigenvalue weighted by Gasteiger charge is -2.37. The van der Waals surface area contributed by atoms with Gasteiger partial charge in [-0.2, -0.15) is 0 Å². The Morgan fingerprint density at radius 2 is 2.00 bits per heavy atom. The number of amides is 1. The molecule has 1 fully saturated rings. The minimum absolute atomic E-state index is 0.504. The number of carboxylic acids is 1. The number of aliphatic carboxylic acids is 1. The second kappa shape index (κ2) is 4.64. The van der Waals surface area contributed by atoms with E-state index in [2.05, 4.69) is 19.2 Å². The number of hydrogen-bond donors (Lipinski definition) is 2. The van der Waals surface area contributed by atoms with Crippen LogP contribution in [0.3, 0.4) is 0 Å². The summed E-state index contributed by atoms with van der Waals surface area (Å²) < 4.78 is 0. The fraction of sp³-hybridized carbons (Fsp3) is 0.818. The van der Waals surface area contributed by atoms with Crippen molar-refractivity contribution in [3.8, 4) is 0 Å². The van der Waals surface area contributed by atoms with Gasteiger partial charge in [0.25, 0.3) is 0 Å². The molecule has 0 aromatic carbocycles. The number of carbonyl (C=O) groups excluding carboxylic acids is 1. The molecule has 0 aromatic heterocycles. The molecule has 1 aliphatic carbocycles. The maximum atomic E-state index is 11.1. The first-order valence-corrected chi connectivity index (χ1v) is 5.46. The van der Waals surface area contributed by atoms with Gasteiger partial charge >= 0.3 is 5.97 Å². The summed E-state index contributed by atoms with van der Waals surface area (Å²) >= 11 is 0. The van der Waals surface area contributed by atoms with Crippen LogP contribution in [0, 0.1) is 11.8 Å². The summed E-state index contributed by atoms with van der Waals surface area (Å²) in [5, 5.41) is 11.6. The van der Waals surface area contributed by atoms with Crippen molar-refractivity contribution in [2.24, 2.45) is 11.8 Å². The number of nitrogens with one attached hydrogen (secondary N) is 1. The SMILES string of the molecule is CC(C)C1CCC(NC=O)(C(=O)O)CC1. The molecule has 4 heteroatoms. The Labute approximate surface area is 90.0 Å². The van der Waals surface area contributed by atoms with E-state index < -0.39 is 11.5 Å². The molecular weight excluding hydrogens is 194 g/mol. The lowest BCUT2D eigenvalue weighted by atomic mass is 9.73. The fourth-order valence-electron chi connectivity index (χ4n) is 2.33. The molecule has 15 heavy (non-hydrogen) atoms. The topological polar surface area (TPSA) is 66.4 Å². The van der Waals surface area contributed by atoms with Gasteiger partial charge in [-0.15, -0.1) is 0 Å². The minimum atomic E-state index is -1.01. The standard InChI is InChI=1S/C11H19NO3/c1-8(2)9-3-5-11(6-4-9,10(14)15)12-7-13/h7-9H,3-6H2,1-2H3,(H,12,13)(H,14,15). The summed E-state index contributed by atoms with van der Waals surface area (Å²) in [6.45, 7) is 4.32. The van der Waals surface area contributed by atoms with E-state index in [1.54, 1.807) is 0 Å². The summed E-state index contributed by atoms with van der Waals surface area (Å²) in [5.41, 5.74) is -1.01. The summed E-state index contributed by atoms with van der Waals surface area (Å²) in [6, 6.07) is 0. The van der Waals surface area contributed by atoms with Crippen LogP contribution in [0.5, 0.6) is 0 Å². The summed E-state index contributed by atoms with van der Waals surface area (Å²) in [7, 11) is 0. The first-order chi connectivity index (χ1) is 7.02. The van der Waals surface area contributed by atoms with Gasteiger partial charge in [0, 0.05) is 0 Å². The Hall–Kier alpha value is -1.06. The van der Waals surface area contributed by atoms with Crippen molar-refractivity contribution in [3.05, 3.63) is 0 Å². The highest BCUT2D eigenvalue weighted by molar-refractivity contribution is 5.81. The second-order valence-electron chi connectivity index (χ2n) is 4.73. The molecule has 0 saturated heterocycles. The molecule has 4 nitrogen and oxygen atoms in total. The third kappa shape index (κ3) is 2.49. The zero-order valence-corrected chi connectivity index (χ0v) is 9.32. The van der Waals surface area contributed by atoms with Crippen LogP contribution >= 0.6 is 0 Å². The number of rotatable bonds is 4. The number of carboxylic acid groups (broad SMARTS) is 1. The molecule has 1 amide bonds. The molecule has 0 aliphatic heterocycles. The molecule has 0 unspecified atom stereocenters. The Bertz CT molecular complexity index is 242. The Morgan fingerprint density at radius 1 is 1.47 bits per heavy atom. The Balaban J connectivity index is 2.65. The van der Waals surface area contributed by atoms with E-state index in [-0.39, 0.29) is 0 Å². The lowest BCUT2D eigenvalue weighted by Crippen LogP contribution is -2.54. The van der Waals surface area contributed by atoms with Gasteiger partial charge in [0.1, 0.15) is 5.54 Å². The van der Waals surface area contributed by atoms with Crippen molar-refractivity contribution >= 4 is 12.4 Å². The van der Waals surface area contributed by atoms with Crippen molar-refractivity contribution in [1.82, 2.24) is 5.32 Å². The molecular formula is C11H19NO3. The summed E-state index contributed by atoms with van der Waals surface area (Å²) in [4.78, 5) is 21.5. The van der Waals surface area contributed by atoms with Crippen molar-refractivity contribution in [1.29, 1.82) is 0 Å². The minimum Gasteiger partial charge on any atom is -0.480 e. The lowest BCUT2D eigenvalue weighted by molar-refractivity contribution is -0.148. The number of hydrogen-bond acceptors (Lipinski definition) is 2. The van der Waals surface area contributed by atoms with Gasteiger partial charge in [-0.1, -0.05) is 13.8 Å². The van der Waals surface area contributed by atoms with Crippen LogP contribution in [0.25, 0.3) is 0 Å². The van der Waals surface area contributed by atoms with Crippen LogP contribution in [0.2, 0.25) is 0 Å². The monoisotopic (exact) mass is 213 g/mol. The highest BCUT2D eigenvalue weighted by atomic mass is 16.4. The van der Waals surface area contributed by atoms with E-state index >= 15 is 0 Å². The molecule has 0 heterocycles. The third-order valence-corrected chi connectivity index (χ3v) is 3.57. The zero-order chi connectivity index (χ0) is 11.5. The van der Waals surface area contributed by atoms with E-state index in [1.807, 2.05) is 0 Å². The average Bonchev–Trinajstić information content (AvgIpc) is 2.18. The predicted octanol–water partition coefficient (Wildman–Crippen LogP) is 1.40. The van der Waals surface area contributed by atoms with Crippen molar-refractivity contribution in [3.63, 3.8) is 0 Å². The summed E-state index contributed by atoms with van der Waals surface area (Å²) in [5.74, 6) is 0.274. The Morgan fingerprint density at radius 3 is 2.33 bits per heavy atom. The Kier molecular flexibility index (Phi) is 3.72. The van der Waals surface area contributed by atoms with E-state index in [9.17, 15) is 9.59 Å². The number of carbonyl (C=O) groups is 2. The molecule has 0 bridgehead atoms. The predicted molar refractivity (Wildman–Crippen MR) is 56.4 cm³/mol. The van der Waals surface area contributed by atoms with E-state index in [1.165, 1.54) is 0 Å². The van der Waals surface area contributed by atoms with E-state index in [4.69, 9.17) is 5.11 Å². The van der Waals surface area contributed by atoms with Gasteiger partial charge in [-0.3, -0.25) is 4.79 Å². The fourth-order valence-corrected chi connectivity index (χ4v) is 2.33. The normalized spacial score (nSPS) is 31.3. The quantitative estimate of drug-likeness (QED) is 0.694. The molecule has 2 N–H and O–H groups in total. The van der Waals surface area contributed by atoms with Gasteiger partial charge in [-0.05, 0) is 37.5 Å². The van der Waals surface area contributed by atoms with Crippen molar-refractivity contribution < 1.29 is 14.7 Å². The van der Waals surface area contributed by atoms with Gasteiger partial charge < -0.3 is 10.4 Å². The highest BCUT2D eigenvalue weighted by Gasteiger charge is 2.42. The van der Waals surface area contributed by atoms with Gasteiger partial charge in [-0.25, -0.2) is 4.79 Å². The highest BCUT2D eigenvalue weighted by Crippen LogP contribution is 2.35. The molecule has 0 radical (unpaired) electrons. The molecule has 0 spiro atoms. The maximum absolute atomic E-state index is 11.1. The molecule has 1 aliphatic rings. The van der Waals surface area contributed by atoms with Crippen LogP contribution in [0.15, 0.2) is 0 Å². The molecule has 1 saturated carbocycles. The van der Waals surface area contributed by atoms with E-state index in [0.29, 0.717) is 31.1 Å². The first kappa shape index (κ1) is 12.0.